The number of hydrogen-bond donors (Lipinski definition) is 0. The van der Waals surface area contributed by atoms with Gasteiger partial charge in [0.25, 0.3) is 0 Å². The smallest absolute Gasteiger partial charge is 0.137 e. The first-order valence-corrected chi connectivity index (χ1v) is 4.79. The first kappa shape index (κ1) is 11.6. The molecule has 12 heavy (non-hydrogen) atoms. The van der Waals surface area contributed by atoms with Gasteiger partial charge in [-0.15, -0.1) is 0 Å². The Hall–Kier alpha value is -0.370. The third kappa shape index (κ3) is 4.50. The number of hydrogen-bond acceptors (Lipinski definition) is 2. The highest BCUT2D eigenvalue weighted by Gasteiger charge is 2.13. The van der Waals surface area contributed by atoms with Gasteiger partial charge in [-0.3, -0.25) is 4.79 Å². The van der Waals surface area contributed by atoms with E-state index in [1.807, 2.05) is 14.1 Å². The fraction of sp³-hybridized carbons (Fsp3) is 0.900. The fourth-order valence-electron chi connectivity index (χ4n) is 1.28. The Morgan fingerprint density at radius 1 is 1.25 bits per heavy atom. The molecule has 0 saturated carbocycles. The van der Waals surface area contributed by atoms with Crippen molar-refractivity contribution < 1.29 is 4.79 Å². The summed E-state index contributed by atoms with van der Waals surface area (Å²) in [7, 11) is 4.00. The Morgan fingerprint density at radius 2 is 1.75 bits per heavy atom. The van der Waals surface area contributed by atoms with Gasteiger partial charge in [-0.2, -0.15) is 0 Å². The van der Waals surface area contributed by atoms with Crippen LogP contribution >= 0.6 is 0 Å². The number of carbonyl (C=O) groups excluding carboxylic acids is 1. The summed E-state index contributed by atoms with van der Waals surface area (Å²) in [5.74, 6) is 0.721. The average Bonchev–Trinajstić information content (AvgIpc) is 2.03. The molecule has 0 aliphatic rings. The van der Waals surface area contributed by atoms with Gasteiger partial charge in [0.05, 0.1) is 0 Å². The summed E-state index contributed by atoms with van der Waals surface area (Å²) in [6, 6.07) is 0. The van der Waals surface area contributed by atoms with E-state index in [1.165, 1.54) is 0 Å². The van der Waals surface area contributed by atoms with Gasteiger partial charge >= 0.3 is 0 Å². The first-order valence-electron chi connectivity index (χ1n) is 4.79. The quantitative estimate of drug-likeness (QED) is 0.608. The molecule has 0 amide bonds. The fourth-order valence-corrected chi connectivity index (χ4v) is 1.28. The molecule has 0 atom stereocenters. The van der Waals surface area contributed by atoms with Crippen LogP contribution in [0.3, 0.4) is 0 Å². The van der Waals surface area contributed by atoms with Crippen LogP contribution in [-0.2, 0) is 4.79 Å². The molecule has 0 radical (unpaired) electrons. The zero-order valence-corrected chi connectivity index (χ0v) is 8.76. The highest BCUT2D eigenvalue weighted by molar-refractivity contribution is 5.81. The molecule has 0 unspecified atom stereocenters. The van der Waals surface area contributed by atoms with Crippen molar-refractivity contribution in [3.63, 3.8) is 0 Å². The lowest BCUT2D eigenvalue weighted by atomic mass is 9.96. The maximum atomic E-state index is 11.5. The van der Waals surface area contributed by atoms with Crippen LogP contribution in [0.5, 0.6) is 0 Å². The monoisotopic (exact) mass is 171 g/mol. The van der Waals surface area contributed by atoms with Gasteiger partial charge in [-0.05, 0) is 26.9 Å². The summed E-state index contributed by atoms with van der Waals surface area (Å²) in [6.07, 6.45) is 2.69. The van der Waals surface area contributed by atoms with E-state index in [9.17, 15) is 4.79 Å². The van der Waals surface area contributed by atoms with Gasteiger partial charge in [0.15, 0.2) is 0 Å². The van der Waals surface area contributed by atoms with Crippen molar-refractivity contribution in [1.82, 2.24) is 4.90 Å². The molecule has 0 aliphatic carbocycles. The standard InChI is InChI=1S/C10H21NO/c1-5-9(6-2)10(12)7-8-11(3)4/h9H,5-8H2,1-4H3. The van der Waals surface area contributed by atoms with E-state index in [1.54, 1.807) is 0 Å². The number of carbonyl (C=O) groups is 1. The molecule has 0 aromatic carbocycles. The molecular weight excluding hydrogens is 150 g/mol. The van der Waals surface area contributed by atoms with Gasteiger partial charge in [0, 0.05) is 18.9 Å². The van der Waals surface area contributed by atoms with Crippen LogP contribution in [0.4, 0.5) is 0 Å². The van der Waals surface area contributed by atoms with Crippen molar-refractivity contribution in [3.05, 3.63) is 0 Å². The molecule has 2 heteroatoms. The molecule has 2 nitrogen and oxygen atoms in total. The summed E-state index contributed by atoms with van der Waals surface area (Å²) in [4.78, 5) is 13.5. The number of nitrogens with zero attached hydrogens (tertiary/aromatic N) is 1. The van der Waals surface area contributed by atoms with Crippen LogP contribution < -0.4 is 0 Å². The minimum atomic E-state index is 0.296. The van der Waals surface area contributed by atoms with Crippen LogP contribution in [0.1, 0.15) is 33.1 Å². The van der Waals surface area contributed by atoms with E-state index in [4.69, 9.17) is 0 Å². The van der Waals surface area contributed by atoms with E-state index < -0.39 is 0 Å². The van der Waals surface area contributed by atoms with E-state index in [0.717, 1.165) is 19.4 Å². The molecular formula is C10H21NO. The summed E-state index contributed by atoms with van der Waals surface area (Å²) in [5, 5.41) is 0. The van der Waals surface area contributed by atoms with E-state index in [2.05, 4.69) is 18.7 Å². The summed E-state index contributed by atoms with van der Waals surface area (Å²) < 4.78 is 0. The van der Waals surface area contributed by atoms with Crippen molar-refractivity contribution in [1.29, 1.82) is 0 Å². The largest absolute Gasteiger partial charge is 0.309 e. The van der Waals surface area contributed by atoms with Gasteiger partial charge in [0.2, 0.25) is 0 Å². The molecule has 0 heterocycles. The second-order valence-electron chi connectivity index (χ2n) is 3.53. The SMILES string of the molecule is CCC(CC)C(=O)CCN(C)C. The molecule has 0 aromatic rings. The highest BCUT2D eigenvalue weighted by atomic mass is 16.1. The molecule has 72 valence electrons. The molecule has 0 bridgehead atoms. The topological polar surface area (TPSA) is 20.3 Å². The molecule has 0 fully saturated rings. The molecule has 0 N–H and O–H groups in total. The number of Topliss-reactive ketones (excluding diaryl/α,β-unsaturated/α-hetero) is 1. The maximum Gasteiger partial charge on any atom is 0.137 e. The van der Waals surface area contributed by atoms with E-state index in [-0.39, 0.29) is 0 Å². The van der Waals surface area contributed by atoms with Crippen LogP contribution in [0.15, 0.2) is 0 Å². The van der Waals surface area contributed by atoms with E-state index >= 15 is 0 Å². The van der Waals surface area contributed by atoms with Gasteiger partial charge < -0.3 is 4.90 Å². The minimum absolute atomic E-state index is 0.296. The lowest BCUT2D eigenvalue weighted by Crippen LogP contribution is -2.20. The average molecular weight is 171 g/mol. The summed E-state index contributed by atoms with van der Waals surface area (Å²) in [5.41, 5.74) is 0. The van der Waals surface area contributed by atoms with Crippen molar-refractivity contribution in [3.8, 4) is 0 Å². The zero-order chi connectivity index (χ0) is 9.56. The number of rotatable bonds is 6. The van der Waals surface area contributed by atoms with Crippen LogP contribution in [0.25, 0.3) is 0 Å². The molecule has 0 spiro atoms. The normalized spacial score (nSPS) is 11.2. The van der Waals surface area contributed by atoms with Gasteiger partial charge in [-0.25, -0.2) is 0 Å². The second-order valence-corrected chi connectivity index (χ2v) is 3.53. The minimum Gasteiger partial charge on any atom is -0.309 e. The van der Waals surface area contributed by atoms with Crippen molar-refractivity contribution in [2.24, 2.45) is 5.92 Å². The lowest BCUT2D eigenvalue weighted by Gasteiger charge is -2.13. The Labute approximate surface area is 75.9 Å². The Morgan fingerprint density at radius 3 is 2.08 bits per heavy atom. The Bertz CT molecular complexity index is 128. The van der Waals surface area contributed by atoms with Crippen molar-refractivity contribution in [2.75, 3.05) is 20.6 Å². The third-order valence-electron chi connectivity index (χ3n) is 2.25. The van der Waals surface area contributed by atoms with E-state index in [0.29, 0.717) is 18.1 Å². The maximum absolute atomic E-state index is 11.5. The van der Waals surface area contributed by atoms with Crippen molar-refractivity contribution in [2.45, 2.75) is 33.1 Å². The summed E-state index contributed by atoms with van der Waals surface area (Å²) >= 11 is 0. The Kier molecular flexibility index (Phi) is 5.99. The highest BCUT2D eigenvalue weighted by Crippen LogP contribution is 2.10. The third-order valence-corrected chi connectivity index (χ3v) is 2.25. The first-order chi connectivity index (χ1) is 5.61. The predicted octanol–water partition coefficient (Wildman–Crippen LogP) is 1.94. The van der Waals surface area contributed by atoms with Crippen LogP contribution in [0, 0.1) is 5.92 Å². The van der Waals surface area contributed by atoms with Crippen LogP contribution in [-0.4, -0.2) is 31.3 Å². The van der Waals surface area contributed by atoms with Crippen LogP contribution in [0.2, 0.25) is 0 Å². The molecule has 0 rings (SSSR count). The molecule has 0 saturated heterocycles. The molecule has 0 aliphatic heterocycles. The van der Waals surface area contributed by atoms with Crippen molar-refractivity contribution >= 4 is 5.78 Å². The molecule has 0 aromatic heterocycles. The predicted molar refractivity (Wildman–Crippen MR) is 52.3 cm³/mol. The Balaban J connectivity index is 3.69. The van der Waals surface area contributed by atoms with Gasteiger partial charge in [0.1, 0.15) is 5.78 Å². The number of ketones is 1. The zero-order valence-electron chi connectivity index (χ0n) is 8.76. The van der Waals surface area contributed by atoms with Gasteiger partial charge in [-0.1, -0.05) is 13.8 Å². The second kappa shape index (κ2) is 6.18. The lowest BCUT2D eigenvalue weighted by molar-refractivity contribution is -0.123. The summed E-state index contributed by atoms with van der Waals surface area (Å²) in [6.45, 7) is 5.05.